The summed E-state index contributed by atoms with van der Waals surface area (Å²) in [7, 11) is 0. The molecular formula is C26H31N5O3. The van der Waals surface area contributed by atoms with Crippen molar-refractivity contribution in [2.45, 2.75) is 57.4 Å². The predicted octanol–water partition coefficient (Wildman–Crippen LogP) is 3.02. The van der Waals surface area contributed by atoms with E-state index in [0.717, 1.165) is 42.3 Å². The molecule has 34 heavy (non-hydrogen) atoms. The molecule has 0 spiro atoms. The fourth-order valence-electron chi connectivity index (χ4n) is 5.05. The summed E-state index contributed by atoms with van der Waals surface area (Å²) in [5.74, 6) is -0.117. The first kappa shape index (κ1) is 22.5. The standard InChI is InChI=1S/C26H31N5O3/c32-25(18-31-24-12-5-4-8-20(24)14-28-31)29-15-23(34-19-21-9-6-7-13-27-21)16-30(26(33)17-29)22-10-2-1-3-11-22/h4-9,12-14,22-23H,1-3,10-11,15-19H2. The average molecular weight is 462 g/mol. The number of rotatable bonds is 6. The van der Waals surface area contributed by atoms with Crippen LogP contribution in [0.4, 0.5) is 0 Å². The molecular weight excluding hydrogens is 430 g/mol. The molecule has 3 heterocycles. The van der Waals surface area contributed by atoms with Gasteiger partial charge in [-0.3, -0.25) is 19.3 Å². The maximum absolute atomic E-state index is 13.3. The summed E-state index contributed by atoms with van der Waals surface area (Å²) in [4.78, 5) is 34.6. The van der Waals surface area contributed by atoms with Crippen molar-refractivity contribution < 1.29 is 14.3 Å². The van der Waals surface area contributed by atoms with Gasteiger partial charge < -0.3 is 14.5 Å². The highest BCUT2D eigenvalue weighted by Gasteiger charge is 2.35. The second-order valence-electron chi connectivity index (χ2n) is 9.23. The smallest absolute Gasteiger partial charge is 0.244 e. The Morgan fingerprint density at radius 1 is 1.03 bits per heavy atom. The van der Waals surface area contributed by atoms with Crippen LogP contribution in [0.2, 0.25) is 0 Å². The van der Waals surface area contributed by atoms with Crippen molar-refractivity contribution in [1.82, 2.24) is 24.6 Å². The number of carbonyl (C=O) groups is 2. The number of carbonyl (C=O) groups excluding carboxylic acids is 2. The number of amides is 2. The van der Waals surface area contributed by atoms with Crippen molar-refractivity contribution in [2.75, 3.05) is 19.6 Å². The first-order valence-corrected chi connectivity index (χ1v) is 12.2. The lowest BCUT2D eigenvalue weighted by molar-refractivity contribution is -0.140. The van der Waals surface area contributed by atoms with Gasteiger partial charge in [0.15, 0.2) is 0 Å². The lowest BCUT2D eigenvalue weighted by atomic mass is 9.94. The normalized spacial score (nSPS) is 20.0. The van der Waals surface area contributed by atoms with Gasteiger partial charge in [0, 0.05) is 30.7 Å². The van der Waals surface area contributed by atoms with Crippen LogP contribution in [0.3, 0.4) is 0 Å². The highest BCUT2D eigenvalue weighted by molar-refractivity contribution is 5.86. The van der Waals surface area contributed by atoms with Crippen molar-refractivity contribution in [3.63, 3.8) is 0 Å². The first-order valence-electron chi connectivity index (χ1n) is 12.2. The molecule has 8 heteroatoms. The minimum atomic E-state index is -0.270. The number of fused-ring (bicyclic) bond motifs is 1. The highest BCUT2D eigenvalue weighted by atomic mass is 16.5. The maximum Gasteiger partial charge on any atom is 0.244 e. The Bertz CT molecular complexity index is 1130. The third kappa shape index (κ3) is 5.12. The molecule has 8 nitrogen and oxygen atoms in total. The molecule has 2 aliphatic rings. The van der Waals surface area contributed by atoms with Gasteiger partial charge in [-0.25, -0.2) is 0 Å². The number of benzene rings is 1. The molecule has 0 radical (unpaired) electrons. The fourth-order valence-corrected chi connectivity index (χ4v) is 5.05. The van der Waals surface area contributed by atoms with Crippen LogP contribution in [0, 0.1) is 0 Å². The largest absolute Gasteiger partial charge is 0.368 e. The van der Waals surface area contributed by atoms with E-state index in [2.05, 4.69) is 10.1 Å². The minimum absolute atomic E-state index is 0.00881. The van der Waals surface area contributed by atoms with Crippen molar-refractivity contribution in [3.8, 4) is 0 Å². The van der Waals surface area contributed by atoms with Gasteiger partial charge in [-0.05, 0) is 31.0 Å². The van der Waals surface area contributed by atoms with Gasteiger partial charge in [0.2, 0.25) is 11.8 Å². The number of pyridine rings is 1. The Labute approximate surface area is 199 Å². The van der Waals surface area contributed by atoms with E-state index in [1.54, 1.807) is 22.0 Å². The molecule has 1 unspecified atom stereocenters. The lowest BCUT2D eigenvalue weighted by Gasteiger charge is -2.34. The molecule has 3 aromatic rings. The Hall–Kier alpha value is -3.26. The molecule has 0 N–H and O–H groups in total. The summed E-state index contributed by atoms with van der Waals surface area (Å²) < 4.78 is 7.94. The zero-order valence-electron chi connectivity index (χ0n) is 19.4. The Morgan fingerprint density at radius 2 is 1.85 bits per heavy atom. The van der Waals surface area contributed by atoms with Crippen LogP contribution in [0.1, 0.15) is 37.8 Å². The zero-order valence-corrected chi connectivity index (χ0v) is 19.4. The molecule has 2 aromatic heterocycles. The Morgan fingerprint density at radius 3 is 2.68 bits per heavy atom. The van der Waals surface area contributed by atoms with Gasteiger partial charge >= 0.3 is 0 Å². The van der Waals surface area contributed by atoms with E-state index in [0.29, 0.717) is 19.7 Å². The monoisotopic (exact) mass is 461 g/mol. The molecule has 178 valence electrons. The van der Waals surface area contributed by atoms with E-state index < -0.39 is 0 Å². The van der Waals surface area contributed by atoms with Gasteiger partial charge in [0.1, 0.15) is 6.54 Å². The van der Waals surface area contributed by atoms with Crippen molar-refractivity contribution in [1.29, 1.82) is 0 Å². The highest BCUT2D eigenvalue weighted by Crippen LogP contribution is 2.25. The number of hydrogen-bond acceptors (Lipinski definition) is 5. The summed E-state index contributed by atoms with van der Waals surface area (Å²) >= 11 is 0. The second kappa shape index (κ2) is 10.3. The van der Waals surface area contributed by atoms with E-state index in [-0.39, 0.29) is 37.0 Å². The molecule has 2 amide bonds. The zero-order chi connectivity index (χ0) is 23.3. The third-order valence-electron chi connectivity index (χ3n) is 6.87. The third-order valence-corrected chi connectivity index (χ3v) is 6.87. The SMILES string of the molecule is O=C(Cn1ncc2ccccc21)N1CC(=O)N(C2CCCCC2)CC(OCc2ccccn2)C1. The quantitative estimate of drug-likeness (QED) is 0.564. The van der Waals surface area contributed by atoms with Gasteiger partial charge in [0.25, 0.3) is 0 Å². The molecule has 1 atom stereocenters. The van der Waals surface area contributed by atoms with Gasteiger partial charge in [0.05, 0.1) is 36.7 Å². The van der Waals surface area contributed by atoms with E-state index >= 15 is 0 Å². The molecule has 1 aliphatic heterocycles. The molecule has 5 rings (SSSR count). The summed E-state index contributed by atoms with van der Waals surface area (Å²) in [6, 6.07) is 13.8. The summed E-state index contributed by atoms with van der Waals surface area (Å²) in [6.07, 6.45) is 8.78. The number of nitrogens with zero attached hydrogens (tertiary/aromatic N) is 5. The first-order chi connectivity index (χ1) is 16.7. The van der Waals surface area contributed by atoms with Crippen LogP contribution >= 0.6 is 0 Å². The van der Waals surface area contributed by atoms with Gasteiger partial charge in [-0.15, -0.1) is 0 Å². The van der Waals surface area contributed by atoms with Crippen LogP contribution < -0.4 is 0 Å². The molecule has 1 aliphatic carbocycles. The summed E-state index contributed by atoms with van der Waals surface area (Å²) in [5, 5.41) is 5.38. The molecule has 1 saturated carbocycles. The predicted molar refractivity (Wildman–Crippen MR) is 128 cm³/mol. The number of aromatic nitrogens is 3. The second-order valence-corrected chi connectivity index (χ2v) is 9.23. The van der Waals surface area contributed by atoms with Gasteiger partial charge in [-0.1, -0.05) is 43.5 Å². The topological polar surface area (TPSA) is 80.6 Å². The Balaban J connectivity index is 1.33. The lowest BCUT2D eigenvalue weighted by Crippen LogP contribution is -2.46. The van der Waals surface area contributed by atoms with E-state index in [1.807, 2.05) is 47.4 Å². The molecule has 2 fully saturated rings. The van der Waals surface area contributed by atoms with Crippen LogP contribution in [-0.4, -0.2) is 68.2 Å². The van der Waals surface area contributed by atoms with Gasteiger partial charge in [-0.2, -0.15) is 5.10 Å². The molecule has 1 aromatic carbocycles. The van der Waals surface area contributed by atoms with E-state index in [4.69, 9.17) is 4.74 Å². The number of para-hydroxylation sites is 1. The summed E-state index contributed by atoms with van der Waals surface area (Å²) in [5.41, 5.74) is 1.74. The van der Waals surface area contributed by atoms with Crippen molar-refractivity contribution in [3.05, 3.63) is 60.6 Å². The average Bonchev–Trinajstić information content (AvgIpc) is 3.20. The van der Waals surface area contributed by atoms with E-state index in [9.17, 15) is 9.59 Å². The van der Waals surface area contributed by atoms with Crippen LogP contribution in [0.25, 0.3) is 10.9 Å². The molecule has 0 bridgehead atoms. The van der Waals surface area contributed by atoms with Crippen LogP contribution in [0.5, 0.6) is 0 Å². The number of hydrogen-bond donors (Lipinski definition) is 0. The minimum Gasteiger partial charge on any atom is -0.368 e. The Kier molecular flexibility index (Phi) is 6.85. The van der Waals surface area contributed by atoms with Crippen molar-refractivity contribution >= 4 is 22.7 Å². The summed E-state index contributed by atoms with van der Waals surface area (Å²) in [6.45, 7) is 1.41. The maximum atomic E-state index is 13.3. The number of ether oxygens (including phenoxy) is 1. The molecule has 1 saturated heterocycles. The fraction of sp³-hybridized carbons (Fsp3) is 0.462. The van der Waals surface area contributed by atoms with E-state index in [1.165, 1.54) is 6.42 Å². The van der Waals surface area contributed by atoms with Crippen LogP contribution in [0.15, 0.2) is 54.9 Å². The van der Waals surface area contributed by atoms with Crippen LogP contribution in [-0.2, 0) is 27.5 Å². The van der Waals surface area contributed by atoms with Crippen molar-refractivity contribution in [2.24, 2.45) is 0 Å².